The second kappa shape index (κ2) is 3.50. The summed E-state index contributed by atoms with van der Waals surface area (Å²) in [6, 6.07) is 2.09. The SMILES string of the molecule is CCc1cc(CN)nn1C(C)(C)C. The van der Waals surface area contributed by atoms with Gasteiger partial charge in [-0.1, -0.05) is 6.92 Å². The molecule has 2 N–H and O–H groups in total. The smallest absolute Gasteiger partial charge is 0.0763 e. The second-order valence-corrected chi connectivity index (χ2v) is 4.27. The van der Waals surface area contributed by atoms with Gasteiger partial charge in [0.2, 0.25) is 0 Å². The van der Waals surface area contributed by atoms with Crippen LogP contribution in [0.3, 0.4) is 0 Å². The van der Waals surface area contributed by atoms with Crippen molar-refractivity contribution in [1.29, 1.82) is 0 Å². The lowest BCUT2D eigenvalue weighted by Crippen LogP contribution is -2.25. The highest BCUT2D eigenvalue weighted by atomic mass is 15.3. The highest BCUT2D eigenvalue weighted by Gasteiger charge is 2.17. The van der Waals surface area contributed by atoms with Crippen LogP contribution >= 0.6 is 0 Å². The molecule has 0 saturated heterocycles. The van der Waals surface area contributed by atoms with E-state index in [4.69, 9.17) is 5.73 Å². The van der Waals surface area contributed by atoms with E-state index in [1.807, 2.05) is 0 Å². The molecule has 0 aliphatic rings. The van der Waals surface area contributed by atoms with Crippen molar-refractivity contribution in [2.45, 2.75) is 46.2 Å². The first kappa shape index (κ1) is 10.3. The molecule has 3 nitrogen and oxygen atoms in total. The normalized spacial score (nSPS) is 12.1. The Morgan fingerprint density at radius 2 is 2.08 bits per heavy atom. The quantitative estimate of drug-likeness (QED) is 0.754. The molecule has 1 aromatic rings. The average molecular weight is 181 g/mol. The standard InChI is InChI=1S/C10H19N3/c1-5-9-6-8(7-11)12-13(9)10(2,3)4/h6H,5,7,11H2,1-4H3. The topological polar surface area (TPSA) is 43.8 Å². The van der Waals surface area contributed by atoms with Crippen LogP contribution in [-0.4, -0.2) is 9.78 Å². The minimum absolute atomic E-state index is 0.0543. The molecule has 1 aromatic heterocycles. The zero-order valence-electron chi connectivity index (χ0n) is 8.96. The molecule has 1 heterocycles. The molecule has 0 aliphatic carbocycles. The number of hydrogen-bond acceptors (Lipinski definition) is 2. The first-order valence-corrected chi connectivity index (χ1v) is 4.77. The number of nitrogens with two attached hydrogens (primary N) is 1. The lowest BCUT2D eigenvalue weighted by Gasteiger charge is -2.21. The van der Waals surface area contributed by atoms with Gasteiger partial charge in [0.1, 0.15) is 0 Å². The number of rotatable bonds is 2. The summed E-state index contributed by atoms with van der Waals surface area (Å²) in [6.45, 7) is 9.12. The molecular weight excluding hydrogens is 162 g/mol. The van der Waals surface area contributed by atoms with Gasteiger partial charge < -0.3 is 5.73 Å². The summed E-state index contributed by atoms with van der Waals surface area (Å²) in [7, 11) is 0. The lowest BCUT2D eigenvalue weighted by atomic mass is 10.1. The summed E-state index contributed by atoms with van der Waals surface area (Å²) in [6.07, 6.45) is 1.00. The van der Waals surface area contributed by atoms with E-state index >= 15 is 0 Å². The maximum atomic E-state index is 5.55. The van der Waals surface area contributed by atoms with Crippen molar-refractivity contribution in [3.63, 3.8) is 0 Å². The highest BCUT2D eigenvalue weighted by molar-refractivity contribution is 5.11. The van der Waals surface area contributed by atoms with E-state index in [9.17, 15) is 0 Å². The van der Waals surface area contributed by atoms with Crippen LogP contribution in [0.2, 0.25) is 0 Å². The third-order valence-corrected chi connectivity index (χ3v) is 2.04. The minimum Gasteiger partial charge on any atom is -0.325 e. The molecule has 0 spiro atoms. The Morgan fingerprint density at radius 3 is 2.38 bits per heavy atom. The molecule has 0 fully saturated rings. The summed E-state index contributed by atoms with van der Waals surface area (Å²) in [4.78, 5) is 0. The maximum Gasteiger partial charge on any atom is 0.0763 e. The molecule has 74 valence electrons. The Hall–Kier alpha value is -0.830. The lowest BCUT2D eigenvalue weighted by molar-refractivity contribution is 0.342. The van der Waals surface area contributed by atoms with Gasteiger partial charge in [-0.15, -0.1) is 0 Å². The Morgan fingerprint density at radius 1 is 1.46 bits per heavy atom. The fourth-order valence-corrected chi connectivity index (χ4v) is 1.41. The molecular formula is C10H19N3. The van der Waals surface area contributed by atoms with Crippen molar-refractivity contribution < 1.29 is 0 Å². The summed E-state index contributed by atoms with van der Waals surface area (Å²) in [5.41, 5.74) is 7.84. The monoisotopic (exact) mass is 181 g/mol. The first-order valence-electron chi connectivity index (χ1n) is 4.77. The molecule has 0 bridgehead atoms. The van der Waals surface area contributed by atoms with Crippen LogP contribution in [0.1, 0.15) is 39.1 Å². The second-order valence-electron chi connectivity index (χ2n) is 4.27. The van der Waals surface area contributed by atoms with E-state index in [-0.39, 0.29) is 5.54 Å². The summed E-state index contributed by atoms with van der Waals surface area (Å²) < 4.78 is 2.06. The fourth-order valence-electron chi connectivity index (χ4n) is 1.41. The Labute approximate surface area is 79.9 Å². The predicted octanol–water partition coefficient (Wildman–Crippen LogP) is 1.66. The molecule has 13 heavy (non-hydrogen) atoms. The van der Waals surface area contributed by atoms with Crippen LogP contribution in [0.25, 0.3) is 0 Å². The van der Waals surface area contributed by atoms with Crippen molar-refractivity contribution >= 4 is 0 Å². The summed E-state index contributed by atoms with van der Waals surface area (Å²) >= 11 is 0. The first-order chi connectivity index (χ1) is 5.99. The summed E-state index contributed by atoms with van der Waals surface area (Å²) in [5.74, 6) is 0. The van der Waals surface area contributed by atoms with Gasteiger partial charge in [0.05, 0.1) is 11.2 Å². The average Bonchev–Trinajstić information content (AvgIpc) is 2.46. The molecule has 0 saturated carbocycles. The third kappa shape index (κ3) is 2.10. The number of nitrogens with zero attached hydrogens (tertiary/aromatic N) is 2. The van der Waals surface area contributed by atoms with Crippen LogP contribution < -0.4 is 5.73 Å². The molecule has 0 aromatic carbocycles. The van der Waals surface area contributed by atoms with Crippen molar-refractivity contribution in [1.82, 2.24) is 9.78 Å². The van der Waals surface area contributed by atoms with Gasteiger partial charge in [-0.05, 0) is 33.3 Å². The number of aryl methyl sites for hydroxylation is 1. The number of hydrogen-bond donors (Lipinski definition) is 1. The van der Waals surface area contributed by atoms with Gasteiger partial charge in [-0.3, -0.25) is 4.68 Å². The molecule has 1 rings (SSSR count). The van der Waals surface area contributed by atoms with Crippen molar-refractivity contribution in [2.24, 2.45) is 5.73 Å². The van der Waals surface area contributed by atoms with E-state index in [0.717, 1.165) is 12.1 Å². The minimum atomic E-state index is 0.0543. The van der Waals surface area contributed by atoms with Crippen molar-refractivity contribution in [2.75, 3.05) is 0 Å². The van der Waals surface area contributed by atoms with Crippen LogP contribution in [-0.2, 0) is 18.5 Å². The van der Waals surface area contributed by atoms with Crippen LogP contribution in [0.4, 0.5) is 0 Å². The van der Waals surface area contributed by atoms with Gasteiger partial charge in [-0.2, -0.15) is 5.10 Å². The molecule has 3 heteroatoms. The van der Waals surface area contributed by atoms with Crippen LogP contribution in [0.15, 0.2) is 6.07 Å². The molecule has 0 atom stereocenters. The molecule has 0 amide bonds. The zero-order chi connectivity index (χ0) is 10.1. The van der Waals surface area contributed by atoms with Crippen LogP contribution in [0, 0.1) is 0 Å². The van der Waals surface area contributed by atoms with E-state index in [1.165, 1.54) is 5.69 Å². The van der Waals surface area contributed by atoms with Gasteiger partial charge in [0.15, 0.2) is 0 Å². The summed E-state index contributed by atoms with van der Waals surface area (Å²) in [5, 5.41) is 4.46. The Balaban J connectivity index is 3.11. The van der Waals surface area contributed by atoms with Crippen LogP contribution in [0.5, 0.6) is 0 Å². The van der Waals surface area contributed by atoms with Gasteiger partial charge in [-0.25, -0.2) is 0 Å². The zero-order valence-corrected chi connectivity index (χ0v) is 8.96. The highest BCUT2D eigenvalue weighted by Crippen LogP contribution is 2.17. The van der Waals surface area contributed by atoms with E-state index in [1.54, 1.807) is 0 Å². The molecule has 0 radical (unpaired) electrons. The Kier molecular flexibility index (Phi) is 2.76. The van der Waals surface area contributed by atoms with E-state index in [2.05, 4.69) is 43.5 Å². The van der Waals surface area contributed by atoms with Gasteiger partial charge in [0, 0.05) is 12.2 Å². The number of aromatic nitrogens is 2. The van der Waals surface area contributed by atoms with Gasteiger partial charge in [0.25, 0.3) is 0 Å². The van der Waals surface area contributed by atoms with E-state index in [0.29, 0.717) is 6.54 Å². The molecule has 0 unspecified atom stereocenters. The van der Waals surface area contributed by atoms with E-state index < -0.39 is 0 Å². The third-order valence-electron chi connectivity index (χ3n) is 2.04. The molecule has 0 aliphatic heterocycles. The Bertz CT molecular complexity index is 281. The van der Waals surface area contributed by atoms with Crippen molar-refractivity contribution in [3.05, 3.63) is 17.5 Å². The van der Waals surface area contributed by atoms with Gasteiger partial charge >= 0.3 is 0 Å². The maximum absolute atomic E-state index is 5.55. The fraction of sp³-hybridized carbons (Fsp3) is 0.700. The van der Waals surface area contributed by atoms with Crippen molar-refractivity contribution in [3.8, 4) is 0 Å². The largest absolute Gasteiger partial charge is 0.325 e. The predicted molar refractivity (Wildman–Crippen MR) is 54.5 cm³/mol.